The molecule has 19 heavy (non-hydrogen) atoms. The molecular formula is C11H14N2O6. The Morgan fingerprint density at radius 2 is 1.95 bits per heavy atom. The average Bonchev–Trinajstić information content (AvgIpc) is 2.94. The van der Waals surface area contributed by atoms with Gasteiger partial charge in [-0.3, -0.25) is 0 Å². The number of aromatic carboxylic acids is 1. The first kappa shape index (κ1) is 13.4. The number of aliphatic hydroxyl groups is 2. The van der Waals surface area contributed by atoms with Gasteiger partial charge in [0, 0.05) is 0 Å². The van der Waals surface area contributed by atoms with Crippen molar-refractivity contribution in [1.29, 1.82) is 0 Å². The molecule has 0 bridgehead atoms. The SMILES string of the molecule is O=C(O)c1ccc(CNC(=O)N2CC(O)C(O)C2)o1. The van der Waals surface area contributed by atoms with E-state index in [0.29, 0.717) is 5.76 Å². The summed E-state index contributed by atoms with van der Waals surface area (Å²) in [5.41, 5.74) is 0. The first-order chi connectivity index (χ1) is 8.97. The molecule has 1 aliphatic rings. The second kappa shape index (κ2) is 5.29. The lowest BCUT2D eigenvalue weighted by atomic mass is 10.3. The van der Waals surface area contributed by atoms with Crippen molar-refractivity contribution in [1.82, 2.24) is 10.2 Å². The molecule has 0 aliphatic carbocycles. The molecule has 1 aliphatic heterocycles. The highest BCUT2D eigenvalue weighted by Gasteiger charge is 2.32. The number of carboxylic acids is 1. The van der Waals surface area contributed by atoms with E-state index in [4.69, 9.17) is 9.52 Å². The van der Waals surface area contributed by atoms with Crippen molar-refractivity contribution >= 4 is 12.0 Å². The fraction of sp³-hybridized carbons (Fsp3) is 0.455. The van der Waals surface area contributed by atoms with Crippen molar-refractivity contribution in [2.24, 2.45) is 0 Å². The van der Waals surface area contributed by atoms with E-state index in [1.807, 2.05) is 0 Å². The van der Waals surface area contributed by atoms with Gasteiger partial charge in [0.1, 0.15) is 5.76 Å². The Morgan fingerprint density at radius 3 is 2.47 bits per heavy atom. The molecule has 2 amide bonds. The normalized spacial score (nSPS) is 22.5. The Morgan fingerprint density at radius 1 is 1.32 bits per heavy atom. The summed E-state index contributed by atoms with van der Waals surface area (Å²) in [5.74, 6) is -1.06. The number of carbonyl (C=O) groups excluding carboxylic acids is 1. The molecule has 1 saturated heterocycles. The van der Waals surface area contributed by atoms with E-state index >= 15 is 0 Å². The Hall–Kier alpha value is -2.06. The topological polar surface area (TPSA) is 123 Å². The number of hydrogen-bond acceptors (Lipinski definition) is 5. The van der Waals surface area contributed by atoms with Crippen LogP contribution in [0.15, 0.2) is 16.5 Å². The fourth-order valence-corrected chi connectivity index (χ4v) is 1.80. The third-order valence-electron chi connectivity index (χ3n) is 2.83. The van der Waals surface area contributed by atoms with Gasteiger partial charge in [-0.25, -0.2) is 9.59 Å². The van der Waals surface area contributed by atoms with Gasteiger partial charge in [0.25, 0.3) is 0 Å². The third kappa shape index (κ3) is 3.04. The monoisotopic (exact) mass is 270 g/mol. The van der Waals surface area contributed by atoms with Crippen LogP contribution in [0.2, 0.25) is 0 Å². The number of nitrogens with zero attached hydrogens (tertiary/aromatic N) is 1. The Balaban J connectivity index is 1.85. The van der Waals surface area contributed by atoms with Gasteiger partial charge in [0.15, 0.2) is 0 Å². The van der Waals surface area contributed by atoms with Crippen LogP contribution in [0.5, 0.6) is 0 Å². The zero-order valence-electron chi connectivity index (χ0n) is 9.94. The Bertz CT molecular complexity index is 475. The molecule has 1 aromatic heterocycles. The molecule has 8 nitrogen and oxygen atoms in total. The molecule has 1 fully saturated rings. The Labute approximate surface area is 108 Å². The molecule has 0 aromatic carbocycles. The highest BCUT2D eigenvalue weighted by Crippen LogP contribution is 2.11. The largest absolute Gasteiger partial charge is 0.475 e. The highest BCUT2D eigenvalue weighted by atomic mass is 16.4. The number of aliphatic hydroxyl groups excluding tert-OH is 2. The molecule has 2 rings (SSSR count). The van der Waals surface area contributed by atoms with Crippen LogP contribution in [0.1, 0.15) is 16.3 Å². The molecule has 0 spiro atoms. The number of nitrogens with one attached hydrogen (secondary N) is 1. The summed E-state index contributed by atoms with van der Waals surface area (Å²) in [6, 6.07) is 2.30. The number of urea groups is 1. The van der Waals surface area contributed by atoms with Crippen molar-refractivity contribution in [3.63, 3.8) is 0 Å². The number of hydrogen-bond donors (Lipinski definition) is 4. The van der Waals surface area contributed by atoms with Gasteiger partial charge < -0.3 is 30.0 Å². The van der Waals surface area contributed by atoms with Gasteiger partial charge >= 0.3 is 12.0 Å². The zero-order chi connectivity index (χ0) is 14.0. The molecule has 1 aromatic rings. The zero-order valence-corrected chi connectivity index (χ0v) is 9.94. The average molecular weight is 270 g/mol. The number of amides is 2. The van der Waals surface area contributed by atoms with Gasteiger partial charge in [0.2, 0.25) is 5.76 Å². The predicted octanol–water partition coefficient (Wildman–Crippen LogP) is -0.775. The van der Waals surface area contributed by atoms with Crippen molar-refractivity contribution in [3.05, 3.63) is 23.7 Å². The van der Waals surface area contributed by atoms with Gasteiger partial charge in [-0.1, -0.05) is 0 Å². The van der Waals surface area contributed by atoms with Crippen LogP contribution >= 0.6 is 0 Å². The van der Waals surface area contributed by atoms with Gasteiger partial charge in [0.05, 0.1) is 31.8 Å². The number of likely N-dealkylation sites (tertiary alicyclic amines) is 1. The minimum atomic E-state index is -1.18. The summed E-state index contributed by atoms with van der Waals surface area (Å²) in [4.78, 5) is 23.5. The van der Waals surface area contributed by atoms with Gasteiger partial charge in [-0.2, -0.15) is 0 Å². The maximum Gasteiger partial charge on any atom is 0.371 e. The second-order valence-electron chi connectivity index (χ2n) is 4.27. The standard InChI is InChI=1S/C11H14N2O6/c14-7-4-13(5-8(7)15)11(18)12-3-6-1-2-9(19-6)10(16)17/h1-2,7-8,14-15H,3-5H2,(H,12,18)(H,16,17). The Kier molecular flexibility index (Phi) is 3.72. The lowest BCUT2D eigenvalue weighted by Gasteiger charge is -2.15. The summed E-state index contributed by atoms with van der Waals surface area (Å²) in [7, 11) is 0. The summed E-state index contributed by atoms with van der Waals surface area (Å²) >= 11 is 0. The number of carbonyl (C=O) groups is 2. The van der Waals surface area contributed by atoms with E-state index in [1.165, 1.54) is 17.0 Å². The molecule has 2 unspecified atom stereocenters. The second-order valence-corrected chi connectivity index (χ2v) is 4.27. The minimum Gasteiger partial charge on any atom is -0.475 e. The maximum absolute atomic E-state index is 11.7. The third-order valence-corrected chi connectivity index (χ3v) is 2.83. The van der Waals surface area contributed by atoms with Crippen LogP contribution in [-0.4, -0.2) is 57.5 Å². The number of β-amino-alcohol motifs (C(OH)–C–C–N with tert-alkyl or cyclic N) is 2. The first-order valence-corrected chi connectivity index (χ1v) is 5.68. The van der Waals surface area contributed by atoms with Crippen molar-refractivity contribution in [3.8, 4) is 0 Å². The van der Waals surface area contributed by atoms with Crippen molar-refractivity contribution in [2.75, 3.05) is 13.1 Å². The highest BCUT2D eigenvalue weighted by molar-refractivity contribution is 5.84. The van der Waals surface area contributed by atoms with E-state index in [9.17, 15) is 19.8 Å². The molecule has 0 radical (unpaired) electrons. The van der Waals surface area contributed by atoms with Crippen LogP contribution in [0, 0.1) is 0 Å². The predicted molar refractivity (Wildman–Crippen MR) is 61.5 cm³/mol. The van der Waals surface area contributed by atoms with Crippen molar-refractivity contribution in [2.45, 2.75) is 18.8 Å². The van der Waals surface area contributed by atoms with E-state index in [0.717, 1.165) is 0 Å². The molecule has 104 valence electrons. The van der Waals surface area contributed by atoms with Crippen LogP contribution in [-0.2, 0) is 6.54 Å². The van der Waals surface area contributed by atoms with Gasteiger partial charge in [-0.15, -0.1) is 0 Å². The van der Waals surface area contributed by atoms with Gasteiger partial charge in [-0.05, 0) is 12.1 Å². The molecule has 2 atom stereocenters. The van der Waals surface area contributed by atoms with Crippen LogP contribution in [0.25, 0.3) is 0 Å². The summed E-state index contributed by atoms with van der Waals surface area (Å²) in [6.07, 6.45) is -1.87. The molecule has 0 saturated carbocycles. The van der Waals surface area contributed by atoms with Crippen LogP contribution in [0.4, 0.5) is 4.79 Å². The first-order valence-electron chi connectivity index (χ1n) is 5.68. The number of carboxylic acid groups (broad SMARTS) is 1. The lowest BCUT2D eigenvalue weighted by molar-refractivity contribution is 0.0572. The number of rotatable bonds is 3. The summed E-state index contributed by atoms with van der Waals surface area (Å²) in [5, 5.41) is 29.8. The summed E-state index contributed by atoms with van der Waals surface area (Å²) < 4.78 is 4.97. The molecule has 8 heteroatoms. The van der Waals surface area contributed by atoms with E-state index in [1.54, 1.807) is 0 Å². The van der Waals surface area contributed by atoms with Crippen LogP contribution < -0.4 is 5.32 Å². The smallest absolute Gasteiger partial charge is 0.371 e. The summed E-state index contributed by atoms with van der Waals surface area (Å²) in [6.45, 7) is 0.159. The van der Waals surface area contributed by atoms with E-state index < -0.39 is 24.2 Å². The van der Waals surface area contributed by atoms with E-state index in [-0.39, 0.29) is 25.4 Å². The molecular weight excluding hydrogens is 256 g/mol. The minimum absolute atomic E-state index is 0.0365. The molecule has 4 N–H and O–H groups in total. The fourth-order valence-electron chi connectivity index (χ4n) is 1.80. The molecule has 2 heterocycles. The van der Waals surface area contributed by atoms with E-state index in [2.05, 4.69) is 5.32 Å². The maximum atomic E-state index is 11.7. The lowest BCUT2D eigenvalue weighted by Crippen LogP contribution is -2.38. The van der Waals surface area contributed by atoms with Crippen molar-refractivity contribution < 1.29 is 29.3 Å². The number of furan rings is 1. The van der Waals surface area contributed by atoms with Crippen LogP contribution in [0.3, 0.4) is 0 Å². The quantitative estimate of drug-likeness (QED) is 0.571.